The zero-order valence-corrected chi connectivity index (χ0v) is 17.9. The smallest absolute Gasteiger partial charge is 0.308 e. The number of hydrogen-bond donors (Lipinski definition) is 0. The first-order valence-electron chi connectivity index (χ1n) is 10.2. The summed E-state index contributed by atoms with van der Waals surface area (Å²) >= 11 is 0. The maximum absolute atomic E-state index is 12.1. The van der Waals surface area contributed by atoms with Crippen LogP contribution in [-0.4, -0.2) is 44.6 Å². The molecule has 0 spiro atoms. The van der Waals surface area contributed by atoms with E-state index < -0.39 is 33.8 Å². The van der Waals surface area contributed by atoms with Crippen LogP contribution in [0.1, 0.15) is 45.4 Å². The Labute approximate surface area is 171 Å². The minimum Gasteiger partial charge on any atom is -0.469 e. The lowest BCUT2D eigenvalue weighted by Gasteiger charge is -2.24. The molecule has 9 heteroatoms. The molecule has 4 aliphatic rings. The third-order valence-electron chi connectivity index (χ3n) is 6.59. The number of ether oxygens (including phenoxy) is 1. The van der Waals surface area contributed by atoms with Gasteiger partial charge >= 0.3 is 5.97 Å². The Morgan fingerprint density at radius 1 is 1.21 bits per heavy atom. The molecule has 8 nitrogen and oxygen atoms in total. The fourth-order valence-electron chi connectivity index (χ4n) is 5.25. The van der Waals surface area contributed by atoms with E-state index in [1.165, 1.54) is 26.4 Å². The van der Waals surface area contributed by atoms with E-state index in [1.54, 1.807) is 0 Å². The van der Waals surface area contributed by atoms with Gasteiger partial charge in [0.2, 0.25) is 0 Å². The number of esters is 1. The minimum absolute atomic E-state index is 0.0252. The maximum Gasteiger partial charge on any atom is 0.308 e. The number of amides is 2. The molecule has 0 aromatic heterocycles. The summed E-state index contributed by atoms with van der Waals surface area (Å²) in [5, 5.41) is 0.417. The van der Waals surface area contributed by atoms with Gasteiger partial charge in [0, 0.05) is 0 Å². The van der Waals surface area contributed by atoms with E-state index in [-0.39, 0.29) is 17.8 Å². The SMILES string of the molecule is CCC1C=CCC2C(=O)N(OS(C)(=O)=O)C(=O)C12.COC(=O)C1CC2CCC1C2. The predicted molar refractivity (Wildman–Crippen MR) is 103 cm³/mol. The molecular formula is C20H29NO7S. The van der Waals surface area contributed by atoms with Gasteiger partial charge in [-0.1, -0.05) is 25.5 Å². The molecule has 0 radical (unpaired) electrons. The first-order chi connectivity index (χ1) is 13.7. The average Bonchev–Trinajstić information content (AvgIpc) is 3.38. The topological polar surface area (TPSA) is 107 Å². The van der Waals surface area contributed by atoms with Crippen LogP contribution in [0.25, 0.3) is 0 Å². The Hall–Kier alpha value is -1.74. The molecule has 4 rings (SSSR count). The highest BCUT2D eigenvalue weighted by molar-refractivity contribution is 7.85. The summed E-state index contributed by atoms with van der Waals surface area (Å²) in [7, 11) is -2.38. The molecular weight excluding hydrogens is 398 g/mol. The van der Waals surface area contributed by atoms with Crippen molar-refractivity contribution in [1.29, 1.82) is 0 Å². The highest BCUT2D eigenvalue weighted by Crippen LogP contribution is 2.48. The van der Waals surface area contributed by atoms with Crippen LogP contribution in [0.4, 0.5) is 0 Å². The quantitative estimate of drug-likeness (QED) is 0.384. The van der Waals surface area contributed by atoms with Gasteiger partial charge in [0.25, 0.3) is 21.9 Å². The Kier molecular flexibility index (Phi) is 6.48. The van der Waals surface area contributed by atoms with Gasteiger partial charge in [-0.05, 0) is 49.9 Å². The van der Waals surface area contributed by atoms with Crippen molar-refractivity contribution in [3.8, 4) is 0 Å². The van der Waals surface area contributed by atoms with E-state index in [0.717, 1.165) is 25.0 Å². The fraction of sp³-hybridized carbons (Fsp3) is 0.750. The summed E-state index contributed by atoms with van der Waals surface area (Å²) in [6.07, 6.45) is 10.7. The van der Waals surface area contributed by atoms with E-state index in [1.807, 2.05) is 19.1 Å². The molecule has 2 bridgehead atoms. The number of carbonyl (C=O) groups is 3. The third kappa shape index (κ3) is 4.55. The number of rotatable bonds is 4. The monoisotopic (exact) mass is 427 g/mol. The molecule has 29 heavy (non-hydrogen) atoms. The number of hydroxylamine groups is 2. The molecule has 0 aromatic carbocycles. The number of allylic oxidation sites excluding steroid dienone is 2. The fourth-order valence-corrected chi connectivity index (χ4v) is 5.67. The lowest BCUT2D eigenvalue weighted by molar-refractivity contribution is -0.165. The van der Waals surface area contributed by atoms with Crippen molar-refractivity contribution in [1.82, 2.24) is 5.06 Å². The van der Waals surface area contributed by atoms with E-state index in [9.17, 15) is 22.8 Å². The van der Waals surface area contributed by atoms with Crippen molar-refractivity contribution in [3.63, 3.8) is 0 Å². The highest BCUT2D eigenvalue weighted by atomic mass is 32.2. The van der Waals surface area contributed by atoms with Gasteiger partial charge in [0.05, 0.1) is 31.1 Å². The van der Waals surface area contributed by atoms with Crippen molar-refractivity contribution in [2.24, 2.45) is 35.5 Å². The third-order valence-corrected chi connectivity index (χ3v) is 7.01. The molecule has 0 N–H and O–H groups in total. The Morgan fingerprint density at radius 3 is 2.45 bits per heavy atom. The molecule has 6 unspecified atom stereocenters. The summed E-state index contributed by atoms with van der Waals surface area (Å²) in [4.78, 5) is 35.2. The van der Waals surface area contributed by atoms with Crippen molar-refractivity contribution in [2.75, 3.05) is 13.4 Å². The Morgan fingerprint density at radius 2 is 1.93 bits per heavy atom. The molecule has 1 heterocycles. The number of nitrogens with zero attached hydrogens (tertiary/aromatic N) is 1. The van der Waals surface area contributed by atoms with Crippen LogP contribution in [0.5, 0.6) is 0 Å². The largest absolute Gasteiger partial charge is 0.469 e. The van der Waals surface area contributed by atoms with Gasteiger partial charge < -0.3 is 4.74 Å². The number of methoxy groups -OCH3 is 1. The molecule has 2 saturated carbocycles. The van der Waals surface area contributed by atoms with Gasteiger partial charge in [-0.2, -0.15) is 8.42 Å². The molecule has 1 aliphatic heterocycles. The number of hydrogen-bond acceptors (Lipinski definition) is 7. The van der Waals surface area contributed by atoms with Gasteiger partial charge in [0.1, 0.15) is 0 Å². The lowest BCUT2D eigenvalue weighted by Crippen LogP contribution is -2.34. The summed E-state index contributed by atoms with van der Waals surface area (Å²) in [5.41, 5.74) is 0. The zero-order chi connectivity index (χ0) is 21.3. The van der Waals surface area contributed by atoms with Gasteiger partial charge in [-0.15, -0.1) is 9.35 Å². The minimum atomic E-state index is -3.88. The molecule has 3 aliphatic carbocycles. The molecule has 162 valence electrons. The van der Waals surface area contributed by atoms with Crippen LogP contribution in [0, 0.1) is 35.5 Å². The van der Waals surface area contributed by atoms with Crippen molar-refractivity contribution in [2.45, 2.75) is 45.4 Å². The van der Waals surface area contributed by atoms with E-state index >= 15 is 0 Å². The zero-order valence-electron chi connectivity index (χ0n) is 17.1. The van der Waals surface area contributed by atoms with Gasteiger partial charge in [-0.3, -0.25) is 14.4 Å². The van der Waals surface area contributed by atoms with Crippen LogP contribution >= 0.6 is 0 Å². The second kappa shape index (κ2) is 8.55. The van der Waals surface area contributed by atoms with E-state index in [4.69, 9.17) is 4.74 Å². The summed E-state index contributed by atoms with van der Waals surface area (Å²) in [6, 6.07) is 0. The molecule has 2 amide bonds. The first kappa shape index (κ1) is 22.0. The second-order valence-corrected chi connectivity index (χ2v) is 9.98. The predicted octanol–water partition coefficient (Wildman–Crippen LogP) is 2.06. The van der Waals surface area contributed by atoms with Gasteiger partial charge in [0.15, 0.2) is 0 Å². The van der Waals surface area contributed by atoms with Crippen LogP contribution < -0.4 is 0 Å². The van der Waals surface area contributed by atoms with E-state index in [2.05, 4.69) is 4.28 Å². The number of carbonyl (C=O) groups excluding carboxylic acids is 3. The van der Waals surface area contributed by atoms with Crippen molar-refractivity contribution < 1.29 is 31.8 Å². The standard InChI is InChI=1S/C11H15NO5S.C9H14O2/c1-3-7-5-4-6-8-9(7)11(14)12(10(8)13)17-18(2,15)16;1-11-9(10)8-5-6-2-3-7(8)4-6/h4-5,7-9H,3,6H2,1-2H3;6-8H,2-5H2,1H3. The Balaban J connectivity index is 0.000000186. The molecule has 6 atom stereocenters. The van der Waals surface area contributed by atoms with E-state index in [0.29, 0.717) is 17.4 Å². The Bertz CT molecular complexity index is 806. The molecule has 3 fully saturated rings. The summed E-state index contributed by atoms with van der Waals surface area (Å²) in [6.45, 7) is 1.93. The van der Waals surface area contributed by atoms with Crippen molar-refractivity contribution in [3.05, 3.63) is 12.2 Å². The first-order valence-corrected chi connectivity index (χ1v) is 12.0. The van der Waals surface area contributed by atoms with Gasteiger partial charge in [-0.25, -0.2) is 0 Å². The maximum atomic E-state index is 12.1. The summed E-state index contributed by atoms with van der Waals surface area (Å²) in [5.74, 6) is -0.353. The highest BCUT2D eigenvalue weighted by Gasteiger charge is 2.52. The van der Waals surface area contributed by atoms with Crippen LogP contribution in [0.3, 0.4) is 0 Å². The molecule has 1 saturated heterocycles. The van der Waals surface area contributed by atoms with Crippen LogP contribution in [0.2, 0.25) is 0 Å². The van der Waals surface area contributed by atoms with Crippen LogP contribution in [0.15, 0.2) is 12.2 Å². The van der Waals surface area contributed by atoms with Crippen LogP contribution in [-0.2, 0) is 33.5 Å². The van der Waals surface area contributed by atoms with Crippen molar-refractivity contribution >= 4 is 27.9 Å². The molecule has 0 aromatic rings. The lowest BCUT2D eigenvalue weighted by atomic mass is 9.76. The summed E-state index contributed by atoms with van der Waals surface area (Å²) < 4.78 is 31.3. The number of fused-ring (bicyclic) bond motifs is 3. The average molecular weight is 428 g/mol. The normalized spacial score (nSPS) is 35.3. The number of imide groups is 1. The second-order valence-electron chi connectivity index (χ2n) is 8.42.